The molecule has 2 amide bonds. The van der Waals surface area contributed by atoms with Gasteiger partial charge in [-0.3, -0.25) is 9.59 Å². The molecule has 1 saturated carbocycles. The molecule has 5 nitrogen and oxygen atoms in total. The first kappa shape index (κ1) is 20.2. The first-order valence-electron chi connectivity index (χ1n) is 10.4. The second-order valence-electron chi connectivity index (χ2n) is 7.63. The monoisotopic (exact) mass is 351 g/mol. The largest absolute Gasteiger partial charge is 0.342 e. The summed E-state index contributed by atoms with van der Waals surface area (Å²) < 4.78 is 0. The predicted octanol–water partition coefficient (Wildman–Crippen LogP) is 2.61. The van der Waals surface area contributed by atoms with Crippen LogP contribution in [0.25, 0.3) is 0 Å². The van der Waals surface area contributed by atoms with Crippen molar-refractivity contribution in [3.63, 3.8) is 0 Å². The van der Waals surface area contributed by atoms with E-state index in [0.717, 1.165) is 84.3 Å². The van der Waals surface area contributed by atoms with E-state index in [4.69, 9.17) is 0 Å². The molecule has 0 spiro atoms. The number of hydrogen-bond donors (Lipinski definition) is 0. The molecule has 0 aromatic carbocycles. The lowest BCUT2D eigenvalue weighted by Gasteiger charge is -2.38. The SMILES string of the molecule is CCCN(CCC)C(=O)C1CCC(C(=O)N2CCN(CC)CC2)CC1. The fourth-order valence-electron chi connectivity index (χ4n) is 4.26. The van der Waals surface area contributed by atoms with E-state index in [0.29, 0.717) is 11.8 Å². The lowest BCUT2D eigenvalue weighted by molar-refractivity contribution is -0.142. The van der Waals surface area contributed by atoms with Crippen molar-refractivity contribution in [3.05, 3.63) is 0 Å². The highest BCUT2D eigenvalue weighted by atomic mass is 16.2. The van der Waals surface area contributed by atoms with Crippen molar-refractivity contribution in [1.82, 2.24) is 14.7 Å². The zero-order valence-electron chi connectivity index (χ0n) is 16.5. The number of nitrogens with zero attached hydrogens (tertiary/aromatic N) is 3. The minimum Gasteiger partial charge on any atom is -0.342 e. The first-order valence-corrected chi connectivity index (χ1v) is 10.4. The van der Waals surface area contributed by atoms with Crippen LogP contribution in [0.3, 0.4) is 0 Å². The molecule has 1 aliphatic carbocycles. The highest BCUT2D eigenvalue weighted by molar-refractivity contribution is 5.81. The van der Waals surface area contributed by atoms with Gasteiger partial charge in [-0.1, -0.05) is 20.8 Å². The average molecular weight is 352 g/mol. The summed E-state index contributed by atoms with van der Waals surface area (Å²) in [6.07, 6.45) is 5.57. The van der Waals surface area contributed by atoms with E-state index in [9.17, 15) is 9.59 Å². The van der Waals surface area contributed by atoms with Crippen LogP contribution in [0.2, 0.25) is 0 Å². The molecule has 144 valence electrons. The van der Waals surface area contributed by atoms with Gasteiger partial charge in [-0.15, -0.1) is 0 Å². The van der Waals surface area contributed by atoms with Gasteiger partial charge in [-0.2, -0.15) is 0 Å². The Morgan fingerprint density at radius 3 is 1.84 bits per heavy atom. The topological polar surface area (TPSA) is 43.9 Å². The minimum atomic E-state index is 0.138. The van der Waals surface area contributed by atoms with Crippen LogP contribution in [-0.2, 0) is 9.59 Å². The van der Waals surface area contributed by atoms with E-state index >= 15 is 0 Å². The smallest absolute Gasteiger partial charge is 0.225 e. The third-order valence-corrected chi connectivity index (χ3v) is 5.86. The Morgan fingerprint density at radius 1 is 0.840 bits per heavy atom. The third kappa shape index (κ3) is 5.44. The van der Waals surface area contributed by atoms with Gasteiger partial charge >= 0.3 is 0 Å². The molecule has 0 bridgehead atoms. The van der Waals surface area contributed by atoms with Gasteiger partial charge in [0.1, 0.15) is 0 Å². The van der Waals surface area contributed by atoms with E-state index in [2.05, 4.69) is 30.6 Å². The van der Waals surface area contributed by atoms with Crippen molar-refractivity contribution in [2.75, 3.05) is 45.8 Å². The molecule has 0 aromatic rings. The van der Waals surface area contributed by atoms with Crippen molar-refractivity contribution >= 4 is 11.8 Å². The van der Waals surface area contributed by atoms with Crippen LogP contribution in [-0.4, -0.2) is 72.3 Å². The van der Waals surface area contributed by atoms with Gasteiger partial charge in [0, 0.05) is 51.1 Å². The molecule has 2 rings (SSSR count). The van der Waals surface area contributed by atoms with E-state index < -0.39 is 0 Å². The molecule has 0 N–H and O–H groups in total. The lowest BCUT2D eigenvalue weighted by atomic mass is 9.80. The molecule has 1 heterocycles. The maximum Gasteiger partial charge on any atom is 0.225 e. The van der Waals surface area contributed by atoms with Crippen LogP contribution in [0.5, 0.6) is 0 Å². The zero-order chi connectivity index (χ0) is 18.2. The van der Waals surface area contributed by atoms with Gasteiger partial charge in [0.25, 0.3) is 0 Å². The van der Waals surface area contributed by atoms with Gasteiger partial charge in [0.05, 0.1) is 0 Å². The molecule has 0 radical (unpaired) electrons. The molecule has 25 heavy (non-hydrogen) atoms. The van der Waals surface area contributed by atoms with Gasteiger partial charge in [0.15, 0.2) is 0 Å². The molecule has 0 aromatic heterocycles. The van der Waals surface area contributed by atoms with Gasteiger partial charge in [-0.25, -0.2) is 0 Å². The van der Waals surface area contributed by atoms with Crippen LogP contribution in [0, 0.1) is 11.8 Å². The number of rotatable bonds is 7. The van der Waals surface area contributed by atoms with Crippen LogP contribution < -0.4 is 0 Å². The van der Waals surface area contributed by atoms with Crippen molar-refractivity contribution < 1.29 is 9.59 Å². The van der Waals surface area contributed by atoms with Crippen LogP contribution in [0.4, 0.5) is 0 Å². The van der Waals surface area contributed by atoms with Crippen molar-refractivity contribution in [2.24, 2.45) is 11.8 Å². The summed E-state index contributed by atoms with van der Waals surface area (Å²) in [5.41, 5.74) is 0. The summed E-state index contributed by atoms with van der Waals surface area (Å²) in [4.78, 5) is 32.0. The Kier molecular flexibility index (Phi) is 8.20. The number of carbonyl (C=O) groups is 2. The predicted molar refractivity (Wildman–Crippen MR) is 101 cm³/mol. The van der Waals surface area contributed by atoms with E-state index in [1.165, 1.54) is 0 Å². The minimum absolute atomic E-state index is 0.138. The molecule has 5 heteroatoms. The van der Waals surface area contributed by atoms with Crippen molar-refractivity contribution in [3.8, 4) is 0 Å². The number of carbonyl (C=O) groups excluding carboxylic acids is 2. The molecular formula is C20H37N3O2. The number of hydrogen-bond acceptors (Lipinski definition) is 3. The zero-order valence-corrected chi connectivity index (χ0v) is 16.5. The Balaban J connectivity index is 1.80. The van der Waals surface area contributed by atoms with Gasteiger partial charge < -0.3 is 14.7 Å². The second kappa shape index (κ2) is 10.1. The van der Waals surface area contributed by atoms with E-state index in [1.807, 2.05) is 4.90 Å². The Labute approximate surface area is 153 Å². The Morgan fingerprint density at radius 2 is 1.36 bits per heavy atom. The van der Waals surface area contributed by atoms with E-state index in [-0.39, 0.29) is 11.8 Å². The molecule has 1 aliphatic heterocycles. The van der Waals surface area contributed by atoms with E-state index in [1.54, 1.807) is 0 Å². The number of amides is 2. The third-order valence-electron chi connectivity index (χ3n) is 5.86. The van der Waals surface area contributed by atoms with Crippen LogP contribution >= 0.6 is 0 Å². The highest BCUT2D eigenvalue weighted by Crippen LogP contribution is 2.31. The van der Waals surface area contributed by atoms with Crippen molar-refractivity contribution in [1.29, 1.82) is 0 Å². The Hall–Kier alpha value is -1.10. The summed E-state index contributed by atoms with van der Waals surface area (Å²) in [5.74, 6) is 0.939. The van der Waals surface area contributed by atoms with Crippen LogP contribution in [0.1, 0.15) is 59.3 Å². The highest BCUT2D eigenvalue weighted by Gasteiger charge is 2.34. The van der Waals surface area contributed by atoms with Gasteiger partial charge in [0.2, 0.25) is 11.8 Å². The number of piperazine rings is 1. The summed E-state index contributed by atoms with van der Waals surface area (Å²) in [6.45, 7) is 13.0. The first-order chi connectivity index (χ1) is 12.1. The normalized spacial score (nSPS) is 25.0. The van der Waals surface area contributed by atoms with Crippen LogP contribution in [0.15, 0.2) is 0 Å². The maximum atomic E-state index is 12.8. The molecule has 2 aliphatic rings. The molecule has 1 saturated heterocycles. The fraction of sp³-hybridized carbons (Fsp3) is 0.900. The van der Waals surface area contributed by atoms with Gasteiger partial charge in [-0.05, 0) is 45.1 Å². The molecular weight excluding hydrogens is 314 g/mol. The molecule has 2 fully saturated rings. The Bertz CT molecular complexity index is 419. The molecule has 0 unspecified atom stereocenters. The fourth-order valence-corrected chi connectivity index (χ4v) is 4.26. The number of likely N-dealkylation sites (N-methyl/N-ethyl adjacent to an activating group) is 1. The van der Waals surface area contributed by atoms with Crippen molar-refractivity contribution in [2.45, 2.75) is 59.3 Å². The summed E-state index contributed by atoms with van der Waals surface area (Å²) in [5, 5.41) is 0. The summed E-state index contributed by atoms with van der Waals surface area (Å²) in [6, 6.07) is 0. The maximum absolute atomic E-state index is 12.8. The summed E-state index contributed by atoms with van der Waals surface area (Å²) >= 11 is 0. The molecule has 0 atom stereocenters. The second-order valence-corrected chi connectivity index (χ2v) is 7.63. The average Bonchev–Trinajstić information content (AvgIpc) is 2.67. The standard InChI is InChI=1S/C20H37N3O2/c1-4-11-22(12-5-2)19(24)17-7-9-18(10-8-17)20(25)23-15-13-21(6-3)14-16-23/h17-18H,4-16H2,1-3H3. The lowest BCUT2D eigenvalue weighted by Crippen LogP contribution is -2.50. The quantitative estimate of drug-likeness (QED) is 0.708. The summed E-state index contributed by atoms with van der Waals surface area (Å²) in [7, 11) is 0.